The van der Waals surface area contributed by atoms with Crippen LogP contribution in [-0.4, -0.2) is 19.1 Å². The van der Waals surface area contributed by atoms with E-state index >= 15 is 0 Å². The Balaban J connectivity index is 2.39. The van der Waals surface area contributed by atoms with E-state index in [0.717, 1.165) is 6.54 Å². The maximum Gasteiger partial charge on any atom is 0.0374 e. The minimum Gasteiger partial charge on any atom is -0.384 e. The average Bonchev–Trinajstić information content (AvgIpc) is 2.49. The Morgan fingerprint density at radius 1 is 1.33 bits per heavy atom. The summed E-state index contributed by atoms with van der Waals surface area (Å²) in [4.78, 5) is 1.52. The van der Waals surface area contributed by atoms with Crippen LogP contribution in [0.5, 0.6) is 0 Å². The van der Waals surface area contributed by atoms with Gasteiger partial charge in [0.25, 0.3) is 0 Å². The molecule has 0 aromatic heterocycles. The normalized spacial score (nSPS) is 15.3. The molecule has 0 atom stereocenters. The van der Waals surface area contributed by atoms with Gasteiger partial charge in [-0.15, -0.1) is 0 Å². The largest absolute Gasteiger partial charge is 0.384 e. The van der Waals surface area contributed by atoms with Crippen molar-refractivity contribution in [2.75, 3.05) is 24.4 Å². The second kappa shape index (κ2) is 3.02. The Morgan fingerprint density at radius 3 is 2.92 bits per heavy atom. The van der Waals surface area contributed by atoms with Crippen LogP contribution in [0, 0.1) is 0 Å². The standard InChI is InChI=1S/C10H15NS/c1-12(2)9-3-4-10-8(7-9)5-6-11-10/h3-4,7,11-12H,5-6H2,1-2H3. The number of nitrogens with one attached hydrogen (secondary N) is 1. The molecule has 1 nitrogen and oxygen atoms in total. The molecule has 1 N–H and O–H groups in total. The highest BCUT2D eigenvalue weighted by molar-refractivity contribution is 8.15. The molecule has 0 bridgehead atoms. The van der Waals surface area contributed by atoms with E-state index in [1.165, 1.54) is 22.6 Å². The maximum absolute atomic E-state index is 3.37. The summed E-state index contributed by atoms with van der Waals surface area (Å²) >= 11 is 0. The molecular weight excluding hydrogens is 166 g/mol. The highest BCUT2D eigenvalue weighted by atomic mass is 32.2. The predicted octanol–water partition coefficient (Wildman–Crippen LogP) is 2.27. The third-order valence-corrected chi connectivity index (χ3v) is 3.63. The van der Waals surface area contributed by atoms with E-state index in [9.17, 15) is 0 Å². The fourth-order valence-electron chi connectivity index (χ4n) is 1.57. The van der Waals surface area contributed by atoms with E-state index in [4.69, 9.17) is 0 Å². The molecule has 0 aliphatic carbocycles. The molecule has 12 heavy (non-hydrogen) atoms. The summed E-state index contributed by atoms with van der Waals surface area (Å²) in [5.74, 6) is 0. The van der Waals surface area contributed by atoms with Crippen molar-refractivity contribution < 1.29 is 0 Å². The first kappa shape index (κ1) is 7.99. The fraction of sp³-hybridized carbons (Fsp3) is 0.400. The van der Waals surface area contributed by atoms with Crippen LogP contribution in [0.1, 0.15) is 5.56 Å². The lowest BCUT2D eigenvalue weighted by molar-refractivity contribution is 1.10. The van der Waals surface area contributed by atoms with Crippen molar-refractivity contribution in [3.05, 3.63) is 23.8 Å². The van der Waals surface area contributed by atoms with Gasteiger partial charge in [0.05, 0.1) is 0 Å². The summed E-state index contributed by atoms with van der Waals surface area (Å²) in [6.45, 7) is 1.12. The second-order valence-electron chi connectivity index (χ2n) is 3.41. The number of anilines is 1. The first-order chi connectivity index (χ1) is 5.77. The number of benzene rings is 1. The zero-order valence-electron chi connectivity index (χ0n) is 7.59. The van der Waals surface area contributed by atoms with Gasteiger partial charge in [0.1, 0.15) is 0 Å². The Kier molecular flexibility index (Phi) is 2.01. The summed E-state index contributed by atoms with van der Waals surface area (Å²) < 4.78 is 0. The van der Waals surface area contributed by atoms with Crippen LogP contribution in [-0.2, 0) is 6.42 Å². The Hall–Kier alpha value is -0.630. The van der Waals surface area contributed by atoms with Crippen molar-refractivity contribution in [3.8, 4) is 0 Å². The molecule has 0 saturated carbocycles. The lowest BCUT2D eigenvalue weighted by atomic mass is 10.2. The summed E-state index contributed by atoms with van der Waals surface area (Å²) in [5.41, 5.74) is 2.85. The van der Waals surface area contributed by atoms with Crippen molar-refractivity contribution in [3.63, 3.8) is 0 Å². The summed E-state index contributed by atoms with van der Waals surface area (Å²) in [7, 11) is 0.0701. The molecule has 0 unspecified atom stereocenters. The van der Waals surface area contributed by atoms with Crippen LogP contribution in [0.3, 0.4) is 0 Å². The highest BCUT2D eigenvalue weighted by Gasteiger charge is 2.09. The van der Waals surface area contributed by atoms with E-state index < -0.39 is 0 Å². The van der Waals surface area contributed by atoms with Crippen LogP contribution in [0.2, 0.25) is 0 Å². The molecule has 0 saturated heterocycles. The van der Waals surface area contributed by atoms with Gasteiger partial charge in [-0.05, 0) is 47.6 Å². The molecule has 1 aliphatic rings. The van der Waals surface area contributed by atoms with Gasteiger partial charge in [0, 0.05) is 12.2 Å². The van der Waals surface area contributed by atoms with Crippen molar-refractivity contribution in [1.82, 2.24) is 0 Å². The number of rotatable bonds is 1. The molecule has 1 aromatic carbocycles. The predicted molar refractivity (Wildman–Crippen MR) is 57.7 cm³/mol. The number of fused-ring (bicyclic) bond motifs is 1. The van der Waals surface area contributed by atoms with E-state index in [2.05, 4.69) is 36.0 Å². The van der Waals surface area contributed by atoms with E-state index in [-0.39, 0.29) is 10.9 Å². The molecular formula is C10H15NS. The third-order valence-electron chi connectivity index (χ3n) is 2.32. The van der Waals surface area contributed by atoms with Crippen molar-refractivity contribution in [2.45, 2.75) is 11.3 Å². The Bertz CT molecular complexity index is 294. The zero-order chi connectivity index (χ0) is 8.55. The van der Waals surface area contributed by atoms with Crippen molar-refractivity contribution in [2.24, 2.45) is 0 Å². The number of thiol groups is 1. The molecule has 0 amide bonds. The fourth-order valence-corrected chi connectivity index (χ4v) is 2.36. The molecule has 66 valence electrons. The lowest BCUT2D eigenvalue weighted by Crippen LogP contribution is -1.90. The minimum absolute atomic E-state index is 0.0701. The molecule has 0 spiro atoms. The molecule has 1 heterocycles. The van der Waals surface area contributed by atoms with Gasteiger partial charge in [-0.3, -0.25) is 0 Å². The molecule has 1 aromatic rings. The van der Waals surface area contributed by atoms with Gasteiger partial charge < -0.3 is 5.32 Å². The maximum atomic E-state index is 3.37. The molecule has 1 aliphatic heterocycles. The van der Waals surface area contributed by atoms with Gasteiger partial charge in [0.15, 0.2) is 0 Å². The van der Waals surface area contributed by atoms with Gasteiger partial charge in [-0.2, -0.15) is 0 Å². The summed E-state index contributed by atoms with van der Waals surface area (Å²) in [6.07, 6.45) is 5.81. The smallest absolute Gasteiger partial charge is 0.0374 e. The van der Waals surface area contributed by atoms with E-state index in [1.807, 2.05) is 0 Å². The van der Waals surface area contributed by atoms with Crippen LogP contribution in [0.25, 0.3) is 0 Å². The van der Waals surface area contributed by atoms with Crippen LogP contribution in [0.4, 0.5) is 5.69 Å². The third kappa shape index (κ3) is 1.31. The van der Waals surface area contributed by atoms with Gasteiger partial charge >= 0.3 is 0 Å². The number of hydrogen-bond donors (Lipinski definition) is 2. The van der Waals surface area contributed by atoms with Crippen molar-refractivity contribution >= 4 is 16.6 Å². The zero-order valence-corrected chi connectivity index (χ0v) is 8.49. The molecule has 2 heteroatoms. The highest BCUT2D eigenvalue weighted by Crippen LogP contribution is 2.33. The Labute approximate surface area is 76.5 Å². The second-order valence-corrected chi connectivity index (χ2v) is 5.72. The summed E-state index contributed by atoms with van der Waals surface area (Å²) in [6, 6.07) is 6.84. The topological polar surface area (TPSA) is 12.0 Å². The van der Waals surface area contributed by atoms with Gasteiger partial charge in [0.2, 0.25) is 0 Å². The van der Waals surface area contributed by atoms with E-state index in [0.29, 0.717) is 0 Å². The number of hydrogen-bond acceptors (Lipinski definition) is 1. The summed E-state index contributed by atoms with van der Waals surface area (Å²) in [5, 5.41) is 3.37. The molecule has 2 rings (SSSR count). The van der Waals surface area contributed by atoms with Gasteiger partial charge in [-0.25, -0.2) is 10.9 Å². The van der Waals surface area contributed by atoms with Crippen molar-refractivity contribution in [1.29, 1.82) is 0 Å². The SMILES string of the molecule is C[SH](C)c1ccc2c(c1)CCN2. The first-order valence-corrected chi connectivity index (χ1v) is 6.55. The van der Waals surface area contributed by atoms with Crippen LogP contribution < -0.4 is 5.32 Å². The lowest BCUT2D eigenvalue weighted by Gasteiger charge is -2.10. The Morgan fingerprint density at radius 2 is 2.17 bits per heavy atom. The van der Waals surface area contributed by atoms with E-state index in [1.54, 1.807) is 0 Å². The molecule has 0 radical (unpaired) electrons. The first-order valence-electron chi connectivity index (χ1n) is 4.31. The molecule has 0 fully saturated rings. The van der Waals surface area contributed by atoms with Crippen LogP contribution >= 0.6 is 10.9 Å². The minimum atomic E-state index is 0.0701. The monoisotopic (exact) mass is 181 g/mol. The quantitative estimate of drug-likeness (QED) is 0.633. The average molecular weight is 181 g/mol. The van der Waals surface area contributed by atoms with Crippen LogP contribution in [0.15, 0.2) is 23.1 Å². The van der Waals surface area contributed by atoms with Gasteiger partial charge in [-0.1, -0.05) is 0 Å².